The fraction of sp³-hybridized carbons (Fsp3) is 0.700. The fourth-order valence-corrected chi connectivity index (χ4v) is 1.22. The number of nitrogens with zero attached hydrogens (tertiary/aromatic N) is 2. The maximum absolute atomic E-state index is 9.75. The smallest absolute Gasteiger partial charge is 0.0797 e. The van der Waals surface area contributed by atoms with Gasteiger partial charge in [0.1, 0.15) is 0 Å². The quantitative estimate of drug-likeness (QED) is 0.747. The molecule has 0 fully saturated rings. The molecule has 0 spiro atoms. The summed E-state index contributed by atoms with van der Waals surface area (Å²) in [5.41, 5.74) is 5.47. The summed E-state index contributed by atoms with van der Waals surface area (Å²) in [6.07, 6.45) is 2.43. The lowest BCUT2D eigenvalue weighted by Crippen LogP contribution is -2.36. The SMILES string of the molecule is CC(C)n1ccc(CC(C)(O)CN)n1. The molecule has 0 saturated carbocycles. The molecule has 3 N–H and O–H groups in total. The molecule has 1 aromatic heterocycles. The Balaban J connectivity index is 2.69. The molecule has 0 aliphatic rings. The minimum atomic E-state index is -0.851. The van der Waals surface area contributed by atoms with Crippen LogP contribution in [0.3, 0.4) is 0 Å². The van der Waals surface area contributed by atoms with Crippen LogP contribution in [0.15, 0.2) is 12.3 Å². The zero-order chi connectivity index (χ0) is 10.8. The number of hydrogen-bond acceptors (Lipinski definition) is 3. The number of hydrogen-bond donors (Lipinski definition) is 2. The monoisotopic (exact) mass is 197 g/mol. The van der Waals surface area contributed by atoms with Gasteiger partial charge in [-0.1, -0.05) is 0 Å². The maximum atomic E-state index is 9.75. The van der Waals surface area contributed by atoms with Gasteiger partial charge in [0, 0.05) is 25.2 Å². The molecule has 0 aromatic carbocycles. The highest BCUT2D eigenvalue weighted by Gasteiger charge is 2.20. The fourth-order valence-electron chi connectivity index (χ4n) is 1.22. The van der Waals surface area contributed by atoms with E-state index in [1.54, 1.807) is 6.92 Å². The Labute approximate surface area is 84.7 Å². The van der Waals surface area contributed by atoms with E-state index in [2.05, 4.69) is 18.9 Å². The van der Waals surface area contributed by atoms with Crippen LogP contribution in [-0.2, 0) is 6.42 Å². The van der Waals surface area contributed by atoms with Crippen molar-refractivity contribution in [2.45, 2.75) is 38.8 Å². The van der Waals surface area contributed by atoms with E-state index in [0.717, 1.165) is 5.69 Å². The molecule has 0 amide bonds. The van der Waals surface area contributed by atoms with Gasteiger partial charge >= 0.3 is 0 Å². The van der Waals surface area contributed by atoms with Gasteiger partial charge in [0.05, 0.1) is 11.3 Å². The Kier molecular flexibility index (Phi) is 3.29. The van der Waals surface area contributed by atoms with Crippen LogP contribution in [0.25, 0.3) is 0 Å². The molecule has 1 aromatic rings. The highest BCUT2D eigenvalue weighted by molar-refractivity contribution is 5.03. The predicted molar refractivity (Wildman–Crippen MR) is 56.0 cm³/mol. The molecule has 0 aliphatic heterocycles. The predicted octanol–water partition coefficient (Wildman–Crippen LogP) is 0.716. The van der Waals surface area contributed by atoms with E-state index in [1.807, 2.05) is 16.9 Å². The molecule has 0 radical (unpaired) electrons. The van der Waals surface area contributed by atoms with Gasteiger partial charge in [-0.3, -0.25) is 4.68 Å². The minimum Gasteiger partial charge on any atom is -0.388 e. The van der Waals surface area contributed by atoms with Crippen LogP contribution < -0.4 is 5.73 Å². The van der Waals surface area contributed by atoms with Crippen molar-refractivity contribution in [2.24, 2.45) is 5.73 Å². The second-order valence-corrected chi connectivity index (χ2v) is 4.26. The molecule has 1 rings (SSSR count). The molecule has 4 heteroatoms. The lowest BCUT2D eigenvalue weighted by atomic mass is 10.0. The largest absolute Gasteiger partial charge is 0.388 e. The Morgan fingerprint density at radius 3 is 2.71 bits per heavy atom. The van der Waals surface area contributed by atoms with Gasteiger partial charge in [-0.2, -0.15) is 5.10 Å². The zero-order valence-corrected chi connectivity index (χ0v) is 9.07. The lowest BCUT2D eigenvalue weighted by molar-refractivity contribution is 0.0684. The summed E-state index contributed by atoms with van der Waals surface area (Å²) in [6.45, 7) is 6.11. The molecule has 0 saturated heterocycles. The molecule has 14 heavy (non-hydrogen) atoms. The number of rotatable bonds is 4. The third-order valence-electron chi connectivity index (χ3n) is 2.19. The van der Waals surface area contributed by atoms with Gasteiger partial charge in [-0.05, 0) is 26.8 Å². The van der Waals surface area contributed by atoms with E-state index >= 15 is 0 Å². The molecular weight excluding hydrogens is 178 g/mol. The topological polar surface area (TPSA) is 64.1 Å². The van der Waals surface area contributed by atoms with E-state index in [0.29, 0.717) is 12.5 Å². The summed E-state index contributed by atoms with van der Waals surface area (Å²) in [5, 5.41) is 14.1. The van der Waals surface area contributed by atoms with Crippen LogP contribution in [0.5, 0.6) is 0 Å². The van der Waals surface area contributed by atoms with Crippen molar-refractivity contribution in [3.8, 4) is 0 Å². The van der Waals surface area contributed by atoms with Gasteiger partial charge in [0.2, 0.25) is 0 Å². The average molecular weight is 197 g/mol. The summed E-state index contributed by atoms with van der Waals surface area (Å²) < 4.78 is 1.88. The van der Waals surface area contributed by atoms with Gasteiger partial charge in [0.15, 0.2) is 0 Å². The molecule has 80 valence electrons. The second kappa shape index (κ2) is 4.11. The lowest BCUT2D eigenvalue weighted by Gasteiger charge is -2.19. The average Bonchev–Trinajstić information content (AvgIpc) is 2.52. The van der Waals surface area contributed by atoms with Crippen molar-refractivity contribution in [3.63, 3.8) is 0 Å². The van der Waals surface area contributed by atoms with E-state index in [9.17, 15) is 5.11 Å². The normalized spacial score (nSPS) is 15.9. The minimum absolute atomic E-state index is 0.252. The van der Waals surface area contributed by atoms with E-state index < -0.39 is 5.60 Å². The standard InChI is InChI=1S/C10H19N3O/c1-8(2)13-5-4-9(12-13)6-10(3,14)7-11/h4-5,8,14H,6-7,11H2,1-3H3. The highest BCUT2D eigenvalue weighted by atomic mass is 16.3. The molecular formula is C10H19N3O. The van der Waals surface area contributed by atoms with Gasteiger partial charge in [0.25, 0.3) is 0 Å². The van der Waals surface area contributed by atoms with Gasteiger partial charge in [-0.15, -0.1) is 0 Å². The summed E-state index contributed by atoms with van der Waals surface area (Å²) in [6, 6.07) is 2.27. The number of aromatic nitrogens is 2. The molecule has 1 heterocycles. The van der Waals surface area contributed by atoms with Crippen LogP contribution in [0.2, 0.25) is 0 Å². The number of nitrogens with two attached hydrogens (primary N) is 1. The molecule has 1 atom stereocenters. The highest BCUT2D eigenvalue weighted by Crippen LogP contribution is 2.11. The van der Waals surface area contributed by atoms with E-state index in [-0.39, 0.29) is 6.54 Å². The van der Waals surface area contributed by atoms with Gasteiger partial charge in [-0.25, -0.2) is 0 Å². The van der Waals surface area contributed by atoms with Crippen LogP contribution in [0.4, 0.5) is 0 Å². The van der Waals surface area contributed by atoms with Crippen molar-refractivity contribution in [1.29, 1.82) is 0 Å². The van der Waals surface area contributed by atoms with Crippen LogP contribution >= 0.6 is 0 Å². The third-order valence-corrected chi connectivity index (χ3v) is 2.19. The zero-order valence-electron chi connectivity index (χ0n) is 9.07. The maximum Gasteiger partial charge on any atom is 0.0797 e. The van der Waals surface area contributed by atoms with Crippen LogP contribution in [0.1, 0.15) is 32.5 Å². The number of aliphatic hydroxyl groups is 1. The Morgan fingerprint density at radius 1 is 1.64 bits per heavy atom. The van der Waals surface area contributed by atoms with Crippen molar-refractivity contribution in [2.75, 3.05) is 6.54 Å². The first-order chi connectivity index (χ1) is 6.44. The second-order valence-electron chi connectivity index (χ2n) is 4.26. The summed E-state index contributed by atoms with van der Waals surface area (Å²) in [5.74, 6) is 0. The van der Waals surface area contributed by atoms with Crippen molar-refractivity contribution in [1.82, 2.24) is 9.78 Å². The van der Waals surface area contributed by atoms with Crippen molar-refractivity contribution < 1.29 is 5.11 Å². The summed E-state index contributed by atoms with van der Waals surface area (Å²) in [4.78, 5) is 0. The molecule has 4 nitrogen and oxygen atoms in total. The Morgan fingerprint density at radius 2 is 2.29 bits per heavy atom. The Bertz CT molecular complexity index is 291. The molecule has 0 aliphatic carbocycles. The van der Waals surface area contributed by atoms with Gasteiger partial charge < -0.3 is 10.8 Å². The van der Waals surface area contributed by atoms with E-state index in [4.69, 9.17) is 5.73 Å². The first-order valence-electron chi connectivity index (χ1n) is 4.91. The first-order valence-corrected chi connectivity index (χ1v) is 4.91. The van der Waals surface area contributed by atoms with Crippen molar-refractivity contribution >= 4 is 0 Å². The first kappa shape index (κ1) is 11.2. The van der Waals surface area contributed by atoms with Crippen LogP contribution in [-0.4, -0.2) is 27.0 Å². The summed E-state index contributed by atoms with van der Waals surface area (Å²) in [7, 11) is 0. The molecule has 0 bridgehead atoms. The Hall–Kier alpha value is -0.870. The summed E-state index contributed by atoms with van der Waals surface area (Å²) >= 11 is 0. The van der Waals surface area contributed by atoms with Crippen LogP contribution in [0, 0.1) is 0 Å². The molecule has 1 unspecified atom stereocenters. The third kappa shape index (κ3) is 2.82. The van der Waals surface area contributed by atoms with Crippen molar-refractivity contribution in [3.05, 3.63) is 18.0 Å². The van der Waals surface area contributed by atoms with E-state index in [1.165, 1.54) is 0 Å².